The van der Waals surface area contributed by atoms with E-state index in [-0.39, 0.29) is 0 Å². The van der Waals surface area contributed by atoms with E-state index in [9.17, 15) is 0 Å². The molecule has 0 aliphatic carbocycles. The molecule has 2 rings (SSSR count). The van der Waals surface area contributed by atoms with Crippen LogP contribution in [0.25, 0.3) is 0 Å². The zero-order valence-corrected chi connectivity index (χ0v) is 11.9. The molecule has 2 heterocycles. The summed E-state index contributed by atoms with van der Waals surface area (Å²) in [5.41, 5.74) is 0.381. The molecule has 0 saturated carbocycles. The summed E-state index contributed by atoms with van der Waals surface area (Å²) in [7, 11) is 0. The van der Waals surface area contributed by atoms with Gasteiger partial charge in [0.1, 0.15) is 0 Å². The van der Waals surface area contributed by atoms with E-state index in [1.165, 1.54) is 18.0 Å². The van der Waals surface area contributed by atoms with E-state index >= 15 is 0 Å². The van der Waals surface area contributed by atoms with Crippen LogP contribution in [0.3, 0.4) is 0 Å². The van der Waals surface area contributed by atoms with Crippen molar-refractivity contribution in [2.24, 2.45) is 5.41 Å². The van der Waals surface area contributed by atoms with Gasteiger partial charge in [0.15, 0.2) is 5.13 Å². The number of thiazole rings is 1. The summed E-state index contributed by atoms with van der Waals surface area (Å²) >= 11 is 1.74. The second-order valence-corrected chi connectivity index (χ2v) is 6.89. The van der Waals surface area contributed by atoms with Crippen molar-refractivity contribution in [3.05, 3.63) is 11.6 Å². The quantitative estimate of drug-likeness (QED) is 0.898. The van der Waals surface area contributed by atoms with Crippen LogP contribution in [0, 0.1) is 5.41 Å². The van der Waals surface area contributed by atoms with E-state index in [4.69, 9.17) is 0 Å². The predicted molar refractivity (Wildman–Crippen MR) is 74.8 cm³/mol. The smallest absolute Gasteiger partial charge is 0.185 e. The average molecular weight is 253 g/mol. The van der Waals surface area contributed by atoms with Crippen molar-refractivity contribution in [2.45, 2.75) is 39.7 Å². The van der Waals surface area contributed by atoms with Crippen LogP contribution in [0.15, 0.2) is 11.6 Å². The van der Waals surface area contributed by atoms with Gasteiger partial charge in [0.05, 0.1) is 0 Å². The van der Waals surface area contributed by atoms with E-state index in [2.05, 4.69) is 41.4 Å². The third-order valence-electron chi connectivity index (χ3n) is 3.11. The molecule has 0 atom stereocenters. The third-order valence-corrected chi connectivity index (χ3v) is 3.94. The van der Waals surface area contributed by atoms with Crippen molar-refractivity contribution >= 4 is 16.5 Å². The number of rotatable bonds is 3. The van der Waals surface area contributed by atoms with Crippen LogP contribution in [0.4, 0.5) is 5.13 Å². The van der Waals surface area contributed by atoms with E-state index < -0.39 is 0 Å². The van der Waals surface area contributed by atoms with Crippen molar-refractivity contribution in [1.29, 1.82) is 0 Å². The molecular formula is C13H23N3S. The number of nitrogens with one attached hydrogen (secondary N) is 1. The molecule has 1 fully saturated rings. The molecule has 1 aromatic rings. The summed E-state index contributed by atoms with van der Waals surface area (Å²) in [6.45, 7) is 10.2. The maximum atomic E-state index is 4.37. The molecule has 0 aromatic carbocycles. The monoisotopic (exact) mass is 253 g/mol. The first-order valence-corrected chi connectivity index (χ1v) is 7.30. The molecule has 0 radical (unpaired) electrons. The fourth-order valence-corrected chi connectivity index (χ4v) is 2.79. The normalized spacial score (nSPS) is 18.6. The van der Waals surface area contributed by atoms with Crippen LogP contribution in [0.1, 0.15) is 33.6 Å². The summed E-state index contributed by atoms with van der Waals surface area (Å²) < 4.78 is 0. The zero-order valence-electron chi connectivity index (χ0n) is 11.1. The molecular weight excluding hydrogens is 230 g/mol. The molecule has 1 N–H and O–H groups in total. The summed E-state index contributed by atoms with van der Waals surface area (Å²) in [6.07, 6.45) is 4.36. The van der Waals surface area contributed by atoms with Gasteiger partial charge in [-0.3, -0.25) is 0 Å². The molecule has 0 spiro atoms. The van der Waals surface area contributed by atoms with Gasteiger partial charge in [-0.05, 0) is 18.3 Å². The number of hydrogen-bond donors (Lipinski definition) is 1. The van der Waals surface area contributed by atoms with E-state index in [1.54, 1.807) is 11.3 Å². The lowest BCUT2D eigenvalue weighted by Gasteiger charge is -2.33. The maximum Gasteiger partial charge on any atom is 0.185 e. The molecule has 1 aliphatic heterocycles. The van der Waals surface area contributed by atoms with Crippen LogP contribution in [0.2, 0.25) is 0 Å². The Morgan fingerprint density at radius 1 is 1.41 bits per heavy atom. The second-order valence-electron chi connectivity index (χ2n) is 6.02. The summed E-state index contributed by atoms with van der Waals surface area (Å²) in [4.78, 5) is 6.78. The molecule has 1 aromatic heterocycles. The largest absolute Gasteiger partial charge is 0.348 e. The van der Waals surface area contributed by atoms with Crippen LogP contribution in [0.5, 0.6) is 0 Å². The number of hydrogen-bond acceptors (Lipinski definition) is 4. The van der Waals surface area contributed by atoms with Crippen molar-refractivity contribution < 1.29 is 0 Å². The number of nitrogens with zero attached hydrogens (tertiary/aromatic N) is 2. The maximum absolute atomic E-state index is 4.37. The molecule has 3 nitrogen and oxygen atoms in total. The van der Waals surface area contributed by atoms with Crippen molar-refractivity contribution in [3.8, 4) is 0 Å². The average Bonchev–Trinajstić information content (AvgIpc) is 2.79. The third kappa shape index (κ3) is 3.96. The molecule has 1 saturated heterocycles. The van der Waals surface area contributed by atoms with Crippen molar-refractivity contribution in [2.75, 3.05) is 24.5 Å². The SMILES string of the molecule is CC(C)(C)CNC1CCN(c2nccs2)CC1. The Labute approximate surface area is 108 Å². The summed E-state index contributed by atoms with van der Waals surface area (Å²) in [6, 6.07) is 0.686. The Balaban J connectivity index is 1.75. The minimum Gasteiger partial charge on any atom is -0.348 e. The number of piperidine rings is 1. The zero-order chi connectivity index (χ0) is 12.3. The van der Waals surface area contributed by atoms with Gasteiger partial charge in [0.2, 0.25) is 0 Å². The van der Waals surface area contributed by atoms with E-state index in [0.29, 0.717) is 11.5 Å². The Morgan fingerprint density at radius 3 is 2.65 bits per heavy atom. The number of anilines is 1. The van der Waals surface area contributed by atoms with Crippen LogP contribution >= 0.6 is 11.3 Å². The molecule has 4 heteroatoms. The fourth-order valence-electron chi connectivity index (χ4n) is 2.10. The number of aromatic nitrogens is 1. The second kappa shape index (κ2) is 5.36. The molecule has 0 bridgehead atoms. The summed E-state index contributed by atoms with van der Waals surface area (Å²) in [5.74, 6) is 0. The van der Waals surface area contributed by atoms with Gasteiger partial charge >= 0.3 is 0 Å². The minimum absolute atomic E-state index is 0.381. The van der Waals surface area contributed by atoms with Gasteiger partial charge in [0.25, 0.3) is 0 Å². The van der Waals surface area contributed by atoms with Crippen LogP contribution in [-0.2, 0) is 0 Å². The van der Waals surface area contributed by atoms with E-state index in [1.807, 2.05) is 6.20 Å². The van der Waals surface area contributed by atoms with Gasteiger partial charge in [0, 0.05) is 37.3 Å². The van der Waals surface area contributed by atoms with Gasteiger partial charge in [-0.15, -0.1) is 11.3 Å². The topological polar surface area (TPSA) is 28.2 Å². The highest BCUT2D eigenvalue weighted by Crippen LogP contribution is 2.22. The van der Waals surface area contributed by atoms with Gasteiger partial charge in [-0.2, -0.15) is 0 Å². The Morgan fingerprint density at radius 2 is 2.12 bits per heavy atom. The lowest BCUT2D eigenvalue weighted by molar-refractivity contribution is 0.324. The van der Waals surface area contributed by atoms with Gasteiger partial charge in [-0.25, -0.2) is 4.98 Å². The Bertz CT molecular complexity index is 321. The summed E-state index contributed by atoms with van der Waals surface area (Å²) in [5, 5.41) is 6.92. The lowest BCUT2D eigenvalue weighted by Crippen LogP contribution is -2.44. The van der Waals surface area contributed by atoms with Crippen LogP contribution < -0.4 is 10.2 Å². The highest BCUT2D eigenvalue weighted by atomic mass is 32.1. The van der Waals surface area contributed by atoms with Crippen LogP contribution in [-0.4, -0.2) is 30.7 Å². The van der Waals surface area contributed by atoms with Crippen molar-refractivity contribution in [1.82, 2.24) is 10.3 Å². The Hall–Kier alpha value is -0.610. The first kappa shape index (κ1) is 12.8. The minimum atomic E-state index is 0.381. The molecule has 0 unspecified atom stereocenters. The molecule has 1 aliphatic rings. The molecule has 0 amide bonds. The predicted octanol–water partition coefficient (Wildman–Crippen LogP) is 2.75. The first-order chi connectivity index (χ1) is 8.04. The highest BCUT2D eigenvalue weighted by Gasteiger charge is 2.21. The Kier molecular flexibility index (Phi) is 4.05. The molecule has 17 heavy (non-hydrogen) atoms. The first-order valence-electron chi connectivity index (χ1n) is 6.42. The van der Waals surface area contributed by atoms with Crippen molar-refractivity contribution in [3.63, 3.8) is 0 Å². The van der Waals surface area contributed by atoms with Gasteiger partial charge in [-0.1, -0.05) is 20.8 Å². The van der Waals surface area contributed by atoms with Gasteiger partial charge < -0.3 is 10.2 Å². The fraction of sp³-hybridized carbons (Fsp3) is 0.769. The lowest BCUT2D eigenvalue weighted by atomic mass is 9.95. The highest BCUT2D eigenvalue weighted by molar-refractivity contribution is 7.13. The van der Waals surface area contributed by atoms with E-state index in [0.717, 1.165) is 19.6 Å². The standard InChI is InChI=1S/C13H23N3S/c1-13(2,3)10-15-11-4-7-16(8-5-11)12-14-6-9-17-12/h6,9,11,15H,4-5,7-8,10H2,1-3H3. The molecule has 96 valence electrons.